The minimum Gasteiger partial charge on any atom is -0.508 e. The molecule has 6 rings (SSSR count). The van der Waals surface area contributed by atoms with E-state index in [0.29, 0.717) is 23.7 Å². The summed E-state index contributed by atoms with van der Waals surface area (Å²) >= 11 is 6.27. The van der Waals surface area contributed by atoms with Crippen molar-refractivity contribution < 1.29 is 38.6 Å². The zero-order valence-corrected chi connectivity index (χ0v) is 30.9. The van der Waals surface area contributed by atoms with Gasteiger partial charge in [-0.25, -0.2) is 0 Å². The van der Waals surface area contributed by atoms with E-state index >= 15 is 0 Å². The number of fused-ring (bicyclic) bond motifs is 1. The summed E-state index contributed by atoms with van der Waals surface area (Å²) in [5.41, 5.74) is 5.76. The van der Waals surface area contributed by atoms with Crippen molar-refractivity contribution >= 4 is 58.0 Å². The number of phenolic OH excluding ortho intramolecular Hbond substituents is 1. The Morgan fingerprint density at radius 3 is 2.27 bits per heavy atom. The molecule has 0 aliphatic carbocycles. The van der Waals surface area contributed by atoms with Gasteiger partial charge in [0.1, 0.15) is 30.3 Å². The highest BCUT2D eigenvalue weighted by Crippen LogP contribution is 2.36. The van der Waals surface area contributed by atoms with E-state index in [1.807, 2.05) is 54.6 Å². The van der Waals surface area contributed by atoms with Crippen molar-refractivity contribution in [2.24, 2.45) is 0 Å². The summed E-state index contributed by atoms with van der Waals surface area (Å²) in [5.74, 6) is -1.39. The number of nitrogens with one attached hydrogen (secondary N) is 3. The number of alkyl halides is 1. The molecule has 13 heteroatoms. The Bertz CT molecular complexity index is 2090. The van der Waals surface area contributed by atoms with Crippen LogP contribution < -0.4 is 20.7 Å². The predicted octanol–water partition coefficient (Wildman–Crippen LogP) is 5.39. The van der Waals surface area contributed by atoms with E-state index in [-0.39, 0.29) is 61.9 Å². The highest BCUT2D eigenvalue weighted by Gasteiger charge is 2.45. The Kier molecular flexibility index (Phi) is 12.6. The van der Waals surface area contributed by atoms with E-state index in [0.717, 1.165) is 32.7 Å². The molecule has 12 nitrogen and oxygen atoms in total. The molecule has 4 aromatic rings. The maximum absolute atomic E-state index is 13.3. The third-order valence-corrected chi connectivity index (χ3v) is 9.55. The molecule has 2 aliphatic heterocycles. The van der Waals surface area contributed by atoms with Crippen LogP contribution in [0.25, 0.3) is 11.1 Å². The van der Waals surface area contributed by atoms with Crippen molar-refractivity contribution in [1.29, 1.82) is 0 Å². The maximum Gasteiger partial charge on any atom is 0.264 e. The predicted molar refractivity (Wildman–Crippen MR) is 208 cm³/mol. The lowest BCUT2D eigenvalue weighted by atomic mass is 9.88. The van der Waals surface area contributed by atoms with Crippen LogP contribution in [-0.2, 0) is 19.1 Å². The zero-order valence-electron chi connectivity index (χ0n) is 30.2. The second-order valence-electron chi connectivity index (χ2n) is 13.0. The van der Waals surface area contributed by atoms with Crippen LogP contribution in [0.4, 0.5) is 5.69 Å². The third kappa shape index (κ3) is 9.05. The van der Waals surface area contributed by atoms with Gasteiger partial charge in [0, 0.05) is 24.5 Å². The van der Waals surface area contributed by atoms with Gasteiger partial charge in [0.25, 0.3) is 11.8 Å². The van der Waals surface area contributed by atoms with Crippen molar-refractivity contribution in [3.63, 3.8) is 0 Å². The van der Waals surface area contributed by atoms with E-state index in [2.05, 4.69) is 28.1 Å². The average Bonchev–Trinajstić information content (AvgIpc) is 3.45. The lowest BCUT2D eigenvalue weighted by Gasteiger charge is -2.27. The summed E-state index contributed by atoms with van der Waals surface area (Å²) in [6.07, 6.45) is -0.0255. The highest BCUT2D eigenvalue weighted by atomic mass is 35.5. The number of ether oxygens (including phenoxy) is 2. The van der Waals surface area contributed by atoms with Crippen LogP contribution in [0.1, 0.15) is 63.6 Å². The van der Waals surface area contributed by atoms with Crippen LogP contribution in [0.3, 0.4) is 0 Å². The first-order valence-corrected chi connectivity index (χ1v) is 18.5. The first-order chi connectivity index (χ1) is 26.7. The van der Waals surface area contributed by atoms with Crippen LogP contribution >= 0.6 is 11.6 Å². The summed E-state index contributed by atoms with van der Waals surface area (Å²) in [6, 6.07) is 28.6. The van der Waals surface area contributed by atoms with Gasteiger partial charge in [-0.3, -0.25) is 34.2 Å². The molecule has 2 unspecified atom stereocenters. The highest BCUT2D eigenvalue weighted by molar-refractivity contribution is 6.25. The van der Waals surface area contributed by atoms with Crippen LogP contribution in [0.15, 0.2) is 97.1 Å². The molecule has 2 heterocycles. The Morgan fingerprint density at radius 2 is 1.58 bits per heavy atom. The van der Waals surface area contributed by atoms with Gasteiger partial charge < -0.3 is 25.2 Å². The van der Waals surface area contributed by atoms with Gasteiger partial charge in [-0.15, -0.1) is 11.6 Å². The van der Waals surface area contributed by atoms with Gasteiger partial charge in [0.15, 0.2) is 0 Å². The van der Waals surface area contributed by atoms with Crippen molar-refractivity contribution in [2.75, 3.05) is 37.5 Å². The molecular weight excluding hydrogens is 724 g/mol. The largest absolute Gasteiger partial charge is 0.508 e. The Morgan fingerprint density at radius 1 is 0.873 bits per heavy atom. The molecule has 2 aliphatic rings. The number of benzene rings is 4. The Hall–Kier alpha value is -5.98. The molecule has 2 atom stereocenters. The number of allylic oxidation sites excluding steroid dienone is 1. The average molecular weight is 765 g/mol. The van der Waals surface area contributed by atoms with Gasteiger partial charge in [-0.2, -0.15) is 0 Å². The first kappa shape index (κ1) is 38.7. The number of nitrogens with zero attached hydrogens (tertiary/aromatic N) is 1. The molecule has 0 spiro atoms. The lowest BCUT2D eigenvalue weighted by Crippen LogP contribution is -2.54. The second kappa shape index (κ2) is 17.9. The van der Waals surface area contributed by atoms with Gasteiger partial charge in [-0.1, -0.05) is 60.7 Å². The summed E-state index contributed by atoms with van der Waals surface area (Å²) in [5, 5.41) is 18.0. The number of hydrogen-bond acceptors (Lipinski definition) is 9. The molecular formula is C42H41ClN4O8. The van der Waals surface area contributed by atoms with E-state index < -0.39 is 35.8 Å². The van der Waals surface area contributed by atoms with Crippen LogP contribution in [0, 0.1) is 0 Å². The number of halogens is 1. The van der Waals surface area contributed by atoms with Crippen LogP contribution in [0.2, 0.25) is 0 Å². The standard InChI is InChI=1S/C42H41ClN4O8/c1-26(54-24-22-44-34-9-5-8-33-38(34)42(53)47(41(33)52)35-18-19-36(49)46-40(35)51)39(50)45-23-25-55-31-16-12-29(13-17-31)37(28-10-14-30(48)15-11-28)32(20-21-43)27-6-3-2-4-7-27/h2-17,26,35,44,48H,18-25H2,1H3,(H,45,50)(H,46,49,51). The first-order valence-electron chi connectivity index (χ1n) is 18.0. The molecule has 0 bridgehead atoms. The third-order valence-electron chi connectivity index (χ3n) is 9.36. The Labute approximate surface area is 323 Å². The molecule has 55 heavy (non-hydrogen) atoms. The SMILES string of the molecule is CC(OCCNc1cccc2c1C(=O)N(C1CCC(=O)NC1=O)C2=O)C(=O)NCCOc1ccc(C(=C(CCCl)c2ccccc2)c2ccc(O)cc2)cc1. The van der Waals surface area contributed by atoms with E-state index in [1.54, 1.807) is 31.2 Å². The number of imide groups is 2. The van der Waals surface area contributed by atoms with Gasteiger partial charge in [0.2, 0.25) is 17.7 Å². The van der Waals surface area contributed by atoms with Gasteiger partial charge in [-0.05, 0) is 84.0 Å². The number of piperidine rings is 1. The van der Waals surface area contributed by atoms with E-state index in [1.165, 1.54) is 6.07 Å². The number of phenols is 1. The van der Waals surface area contributed by atoms with Crippen molar-refractivity contribution in [3.8, 4) is 11.5 Å². The number of carbonyl (C=O) groups is 5. The molecule has 1 saturated heterocycles. The smallest absolute Gasteiger partial charge is 0.264 e. The fraction of sp³-hybridized carbons (Fsp3) is 0.262. The number of anilines is 1. The molecule has 284 valence electrons. The quantitative estimate of drug-likeness (QED) is 0.0507. The lowest BCUT2D eigenvalue weighted by molar-refractivity contribution is -0.136. The van der Waals surface area contributed by atoms with Gasteiger partial charge in [0.05, 0.1) is 24.3 Å². The van der Waals surface area contributed by atoms with Crippen molar-refractivity contribution in [2.45, 2.75) is 38.3 Å². The normalized spacial score (nSPS) is 16.3. The maximum atomic E-state index is 13.3. The molecule has 4 N–H and O–H groups in total. The number of aromatic hydroxyl groups is 1. The van der Waals surface area contributed by atoms with E-state index in [4.69, 9.17) is 21.1 Å². The molecule has 1 fully saturated rings. The molecule has 0 aromatic heterocycles. The molecule has 0 radical (unpaired) electrons. The zero-order chi connectivity index (χ0) is 38.9. The summed E-state index contributed by atoms with van der Waals surface area (Å²) in [6.45, 7) is 2.45. The van der Waals surface area contributed by atoms with Crippen molar-refractivity contribution in [1.82, 2.24) is 15.5 Å². The summed E-state index contributed by atoms with van der Waals surface area (Å²) in [4.78, 5) is 64.0. The monoisotopic (exact) mass is 764 g/mol. The molecule has 0 saturated carbocycles. The fourth-order valence-electron chi connectivity index (χ4n) is 6.65. The molecule has 5 amide bonds. The summed E-state index contributed by atoms with van der Waals surface area (Å²) in [7, 11) is 0. The van der Waals surface area contributed by atoms with Gasteiger partial charge >= 0.3 is 0 Å². The fourth-order valence-corrected chi connectivity index (χ4v) is 6.84. The van der Waals surface area contributed by atoms with E-state index in [9.17, 15) is 29.1 Å². The summed E-state index contributed by atoms with van der Waals surface area (Å²) < 4.78 is 11.6. The number of amides is 5. The Balaban J connectivity index is 0.980. The molecule has 4 aromatic carbocycles. The minimum atomic E-state index is -1.06. The number of hydrogen-bond donors (Lipinski definition) is 4. The number of carbonyl (C=O) groups excluding carboxylic acids is 5. The van der Waals surface area contributed by atoms with Crippen LogP contribution in [-0.4, -0.2) is 83.9 Å². The minimum absolute atomic E-state index is 0.0357. The number of rotatable bonds is 16. The van der Waals surface area contributed by atoms with Crippen molar-refractivity contribution in [3.05, 3.63) is 125 Å². The topological polar surface area (TPSA) is 163 Å². The second-order valence-corrected chi connectivity index (χ2v) is 13.4. The van der Waals surface area contributed by atoms with Crippen LogP contribution in [0.5, 0.6) is 11.5 Å².